The molecule has 1 aromatic rings. The minimum atomic E-state index is 0.568. The van der Waals surface area contributed by atoms with E-state index in [1.54, 1.807) is 0 Å². The lowest BCUT2D eigenvalue weighted by molar-refractivity contribution is 0.293. The van der Waals surface area contributed by atoms with Gasteiger partial charge in [0, 0.05) is 25.0 Å². The summed E-state index contributed by atoms with van der Waals surface area (Å²) in [7, 11) is 0. The molecule has 1 N–H and O–H groups in total. The first-order chi connectivity index (χ1) is 8.77. The van der Waals surface area contributed by atoms with Gasteiger partial charge in [-0.3, -0.25) is 4.98 Å². The van der Waals surface area contributed by atoms with Crippen molar-refractivity contribution in [1.29, 1.82) is 0 Å². The third kappa shape index (κ3) is 3.81. The molecule has 1 aromatic heterocycles. The van der Waals surface area contributed by atoms with Gasteiger partial charge in [0.1, 0.15) is 0 Å². The monoisotopic (exact) mass is 246 g/mol. The van der Waals surface area contributed by atoms with Crippen molar-refractivity contribution in [2.75, 3.05) is 6.54 Å². The second-order valence-corrected chi connectivity index (χ2v) is 5.85. The van der Waals surface area contributed by atoms with Gasteiger partial charge in [0.15, 0.2) is 0 Å². The molecule has 2 rings (SSSR count). The largest absolute Gasteiger partial charge is 0.314 e. The molecule has 0 radical (unpaired) electrons. The minimum absolute atomic E-state index is 0.568. The number of pyridine rings is 1. The maximum Gasteiger partial charge on any atom is 0.0270 e. The molecular weight excluding hydrogens is 220 g/mol. The number of nitrogens with zero attached hydrogens (tertiary/aromatic N) is 1. The second kappa shape index (κ2) is 6.89. The van der Waals surface area contributed by atoms with Gasteiger partial charge in [0.25, 0.3) is 0 Å². The summed E-state index contributed by atoms with van der Waals surface area (Å²) in [5.41, 5.74) is 1.46. The van der Waals surface area contributed by atoms with E-state index in [0.29, 0.717) is 12.0 Å². The van der Waals surface area contributed by atoms with E-state index in [9.17, 15) is 0 Å². The Kier molecular flexibility index (Phi) is 5.18. The quantitative estimate of drug-likeness (QED) is 0.856. The lowest BCUT2D eigenvalue weighted by Crippen LogP contribution is -2.32. The van der Waals surface area contributed by atoms with Gasteiger partial charge in [-0.1, -0.05) is 33.1 Å². The SMILES string of the molecule is CC(C)NCC(c1ccncc1)C1CCCCC1. The zero-order chi connectivity index (χ0) is 12.8. The van der Waals surface area contributed by atoms with Crippen LogP contribution in [-0.2, 0) is 0 Å². The third-order valence-electron chi connectivity index (χ3n) is 4.10. The van der Waals surface area contributed by atoms with Crippen molar-refractivity contribution in [3.05, 3.63) is 30.1 Å². The van der Waals surface area contributed by atoms with Crippen molar-refractivity contribution in [2.45, 2.75) is 57.9 Å². The zero-order valence-corrected chi connectivity index (χ0v) is 11.7. The van der Waals surface area contributed by atoms with Crippen LogP contribution in [0.3, 0.4) is 0 Å². The second-order valence-electron chi connectivity index (χ2n) is 5.85. The van der Waals surface area contributed by atoms with Crippen molar-refractivity contribution in [3.63, 3.8) is 0 Å². The zero-order valence-electron chi connectivity index (χ0n) is 11.7. The van der Waals surface area contributed by atoms with Gasteiger partial charge in [-0.25, -0.2) is 0 Å². The van der Waals surface area contributed by atoms with Gasteiger partial charge < -0.3 is 5.32 Å². The molecule has 0 spiro atoms. The Morgan fingerprint density at radius 2 is 1.83 bits per heavy atom. The highest BCUT2D eigenvalue weighted by atomic mass is 14.9. The molecule has 2 nitrogen and oxygen atoms in total. The molecule has 2 heteroatoms. The molecule has 100 valence electrons. The molecule has 0 saturated heterocycles. The van der Waals surface area contributed by atoms with E-state index in [0.717, 1.165) is 12.5 Å². The van der Waals surface area contributed by atoms with Crippen LogP contribution in [0.25, 0.3) is 0 Å². The maximum atomic E-state index is 4.15. The maximum absolute atomic E-state index is 4.15. The Balaban J connectivity index is 2.06. The molecular formula is C16H26N2. The van der Waals surface area contributed by atoms with Crippen LogP contribution in [0, 0.1) is 5.92 Å². The highest BCUT2D eigenvalue weighted by molar-refractivity contribution is 5.17. The number of hydrogen-bond donors (Lipinski definition) is 1. The topological polar surface area (TPSA) is 24.9 Å². The Hall–Kier alpha value is -0.890. The van der Waals surface area contributed by atoms with E-state index in [4.69, 9.17) is 0 Å². The van der Waals surface area contributed by atoms with Gasteiger partial charge in [-0.15, -0.1) is 0 Å². The Bertz CT molecular complexity index is 328. The van der Waals surface area contributed by atoms with Gasteiger partial charge >= 0.3 is 0 Å². The number of nitrogens with one attached hydrogen (secondary N) is 1. The summed E-state index contributed by atoms with van der Waals surface area (Å²) >= 11 is 0. The van der Waals surface area contributed by atoms with E-state index < -0.39 is 0 Å². The fourth-order valence-electron chi connectivity index (χ4n) is 3.07. The van der Waals surface area contributed by atoms with Crippen molar-refractivity contribution < 1.29 is 0 Å². The number of aromatic nitrogens is 1. The standard InChI is InChI=1S/C16H26N2/c1-13(2)18-12-16(14-6-4-3-5-7-14)15-8-10-17-11-9-15/h8-11,13-14,16,18H,3-7,12H2,1-2H3. The Morgan fingerprint density at radius 1 is 1.17 bits per heavy atom. The lowest BCUT2D eigenvalue weighted by atomic mass is 9.77. The van der Waals surface area contributed by atoms with E-state index in [-0.39, 0.29) is 0 Å². The van der Waals surface area contributed by atoms with Gasteiger partial charge in [-0.05, 0) is 42.4 Å². The lowest BCUT2D eigenvalue weighted by Gasteiger charge is -2.31. The predicted molar refractivity (Wildman–Crippen MR) is 76.7 cm³/mol. The van der Waals surface area contributed by atoms with Crippen LogP contribution in [0.2, 0.25) is 0 Å². The first kappa shape index (κ1) is 13.5. The molecule has 1 heterocycles. The summed E-state index contributed by atoms with van der Waals surface area (Å²) in [5.74, 6) is 1.52. The van der Waals surface area contributed by atoms with Crippen LogP contribution in [-0.4, -0.2) is 17.6 Å². The molecule has 1 saturated carbocycles. The highest BCUT2D eigenvalue weighted by Gasteiger charge is 2.24. The normalized spacial score (nSPS) is 19.1. The molecule has 0 aliphatic heterocycles. The number of rotatable bonds is 5. The highest BCUT2D eigenvalue weighted by Crippen LogP contribution is 2.35. The van der Waals surface area contributed by atoms with E-state index in [1.807, 2.05) is 12.4 Å². The predicted octanol–water partition coefficient (Wildman–Crippen LogP) is 3.74. The van der Waals surface area contributed by atoms with Crippen LogP contribution in [0.4, 0.5) is 0 Å². The molecule has 1 atom stereocenters. The van der Waals surface area contributed by atoms with Crippen molar-refractivity contribution in [2.24, 2.45) is 5.92 Å². The molecule has 1 aliphatic carbocycles. The van der Waals surface area contributed by atoms with E-state index in [2.05, 4.69) is 36.3 Å². The molecule has 1 fully saturated rings. The fraction of sp³-hybridized carbons (Fsp3) is 0.688. The summed E-state index contributed by atoms with van der Waals surface area (Å²) in [6, 6.07) is 4.96. The molecule has 0 bridgehead atoms. The van der Waals surface area contributed by atoms with Crippen LogP contribution >= 0.6 is 0 Å². The molecule has 1 aliphatic rings. The van der Waals surface area contributed by atoms with E-state index in [1.165, 1.54) is 37.7 Å². The minimum Gasteiger partial charge on any atom is -0.314 e. The summed E-state index contributed by atoms with van der Waals surface area (Å²) in [6.07, 6.45) is 10.9. The van der Waals surface area contributed by atoms with Crippen molar-refractivity contribution in [1.82, 2.24) is 10.3 Å². The van der Waals surface area contributed by atoms with Gasteiger partial charge in [0.05, 0.1) is 0 Å². The smallest absolute Gasteiger partial charge is 0.0270 e. The van der Waals surface area contributed by atoms with Crippen LogP contribution in [0.1, 0.15) is 57.4 Å². The van der Waals surface area contributed by atoms with Gasteiger partial charge in [-0.2, -0.15) is 0 Å². The van der Waals surface area contributed by atoms with E-state index >= 15 is 0 Å². The van der Waals surface area contributed by atoms with Crippen LogP contribution < -0.4 is 5.32 Å². The average molecular weight is 246 g/mol. The van der Waals surface area contributed by atoms with Crippen molar-refractivity contribution >= 4 is 0 Å². The Morgan fingerprint density at radius 3 is 2.44 bits per heavy atom. The molecule has 0 amide bonds. The first-order valence-corrected chi connectivity index (χ1v) is 7.40. The summed E-state index contributed by atoms with van der Waals surface area (Å²) in [4.78, 5) is 4.15. The molecule has 0 aromatic carbocycles. The van der Waals surface area contributed by atoms with Crippen molar-refractivity contribution in [3.8, 4) is 0 Å². The van der Waals surface area contributed by atoms with Crippen LogP contribution in [0.5, 0.6) is 0 Å². The first-order valence-electron chi connectivity index (χ1n) is 7.40. The number of hydrogen-bond acceptors (Lipinski definition) is 2. The van der Waals surface area contributed by atoms with Gasteiger partial charge in [0.2, 0.25) is 0 Å². The Labute approximate surface area is 111 Å². The fourth-order valence-corrected chi connectivity index (χ4v) is 3.07. The average Bonchev–Trinajstić information content (AvgIpc) is 2.41. The van der Waals surface area contributed by atoms with Crippen LogP contribution in [0.15, 0.2) is 24.5 Å². The summed E-state index contributed by atoms with van der Waals surface area (Å²) in [5, 5.41) is 3.62. The summed E-state index contributed by atoms with van der Waals surface area (Å²) in [6.45, 7) is 5.56. The summed E-state index contributed by atoms with van der Waals surface area (Å²) < 4.78 is 0. The molecule has 1 unspecified atom stereocenters. The third-order valence-corrected chi connectivity index (χ3v) is 4.10. The molecule has 18 heavy (non-hydrogen) atoms.